The molecule has 2 aromatic rings. The lowest BCUT2D eigenvalue weighted by molar-refractivity contribution is -0.133. The van der Waals surface area contributed by atoms with Crippen molar-refractivity contribution in [2.75, 3.05) is 20.8 Å². The van der Waals surface area contributed by atoms with E-state index in [1.807, 2.05) is 26.0 Å². The van der Waals surface area contributed by atoms with E-state index in [4.69, 9.17) is 23.7 Å². The Labute approximate surface area is 222 Å². The summed E-state index contributed by atoms with van der Waals surface area (Å²) < 4.78 is 27.3. The lowest BCUT2D eigenvalue weighted by Crippen LogP contribution is -2.36. The first-order valence-corrected chi connectivity index (χ1v) is 12.0. The number of methoxy groups -OCH3 is 2. The number of rotatable bonds is 8. The van der Waals surface area contributed by atoms with Gasteiger partial charge in [0.2, 0.25) is 0 Å². The van der Waals surface area contributed by atoms with Crippen LogP contribution in [0.5, 0.6) is 23.0 Å². The van der Waals surface area contributed by atoms with E-state index in [0.29, 0.717) is 33.9 Å². The molecule has 0 aromatic heterocycles. The summed E-state index contributed by atoms with van der Waals surface area (Å²) in [4.78, 5) is 37.2. The van der Waals surface area contributed by atoms with Gasteiger partial charge in [0.25, 0.3) is 0 Å². The van der Waals surface area contributed by atoms with Crippen LogP contribution in [-0.4, -0.2) is 49.8 Å². The Bertz CT molecular complexity index is 1280. The van der Waals surface area contributed by atoms with Gasteiger partial charge in [-0.05, 0) is 82.7 Å². The van der Waals surface area contributed by atoms with Gasteiger partial charge >= 0.3 is 12.1 Å². The standard InChI is InChI=1S/C29H33NO8/c1-28(2,3)38-27(33)30-17-25(32)36-24-16-18(9-12-23(24)35-7)8-11-21(31)19-10-13-22(34-6)20-14-15-29(4,5)37-26(19)20/h8-16H,17H2,1-7H3,(H,30,33). The van der Waals surface area contributed by atoms with Gasteiger partial charge in [-0.25, -0.2) is 9.59 Å². The number of hydrogen-bond acceptors (Lipinski definition) is 8. The SMILES string of the molecule is COc1ccc(C=CC(=O)c2ccc(OC)c3c2OC(C)(C)C=C3)cc1OC(=O)CNC(=O)OC(C)(C)C. The maximum absolute atomic E-state index is 13.1. The Hall–Kier alpha value is -4.27. The molecule has 1 amide bonds. The van der Waals surface area contributed by atoms with Crippen molar-refractivity contribution in [3.63, 3.8) is 0 Å². The van der Waals surface area contributed by atoms with Crippen molar-refractivity contribution in [2.24, 2.45) is 0 Å². The number of hydrogen-bond donors (Lipinski definition) is 1. The zero-order chi connectivity index (χ0) is 28.1. The third-order valence-corrected chi connectivity index (χ3v) is 5.27. The second-order valence-electron chi connectivity index (χ2n) is 10.0. The highest BCUT2D eigenvalue weighted by atomic mass is 16.6. The number of esters is 1. The number of carbonyl (C=O) groups is 3. The predicted octanol–water partition coefficient (Wildman–Crippen LogP) is 5.21. The number of fused-ring (bicyclic) bond motifs is 1. The predicted molar refractivity (Wildman–Crippen MR) is 143 cm³/mol. The molecule has 0 radical (unpaired) electrons. The van der Waals surface area contributed by atoms with Crippen molar-refractivity contribution in [1.82, 2.24) is 5.32 Å². The van der Waals surface area contributed by atoms with Gasteiger partial charge < -0.3 is 29.0 Å². The first-order chi connectivity index (χ1) is 17.8. The summed E-state index contributed by atoms with van der Waals surface area (Å²) in [7, 11) is 3.00. The molecule has 202 valence electrons. The summed E-state index contributed by atoms with van der Waals surface area (Å²) in [5.74, 6) is 0.513. The van der Waals surface area contributed by atoms with Crippen LogP contribution in [-0.2, 0) is 9.53 Å². The highest BCUT2D eigenvalue weighted by Gasteiger charge is 2.27. The summed E-state index contributed by atoms with van der Waals surface area (Å²) in [6.07, 6.45) is 6.07. The molecule has 0 spiro atoms. The largest absolute Gasteiger partial charge is 0.496 e. The molecule has 0 aliphatic carbocycles. The Morgan fingerprint density at radius 2 is 1.68 bits per heavy atom. The van der Waals surface area contributed by atoms with Gasteiger partial charge in [0.15, 0.2) is 17.3 Å². The number of nitrogens with one attached hydrogen (secondary N) is 1. The number of benzene rings is 2. The molecule has 2 aromatic carbocycles. The van der Waals surface area contributed by atoms with Gasteiger partial charge in [0, 0.05) is 0 Å². The molecule has 0 fully saturated rings. The first kappa shape index (κ1) is 28.3. The highest BCUT2D eigenvalue weighted by molar-refractivity contribution is 6.09. The maximum Gasteiger partial charge on any atom is 0.408 e. The average molecular weight is 524 g/mol. The van der Waals surface area contributed by atoms with E-state index < -0.39 is 29.8 Å². The van der Waals surface area contributed by atoms with Crippen molar-refractivity contribution in [1.29, 1.82) is 0 Å². The normalized spacial score (nSPS) is 13.8. The smallest absolute Gasteiger partial charge is 0.408 e. The van der Waals surface area contributed by atoms with Gasteiger partial charge in [0.05, 0.1) is 25.3 Å². The number of ketones is 1. The van der Waals surface area contributed by atoms with Crippen LogP contribution in [0.1, 0.15) is 56.1 Å². The van der Waals surface area contributed by atoms with E-state index in [9.17, 15) is 14.4 Å². The first-order valence-electron chi connectivity index (χ1n) is 12.0. The molecule has 0 bridgehead atoms. The average Bonchev–Trinajstić information content (AvgIpc) is 2.83. The summed E-state index contributed by atoms with van der Waals surface area (Å²) >= 11 is 0. The van der Waals surface area contributed by atoms with Crippen LogP contribution in [0, 0.1) is 0 Å². The fourth-order valence-electron chi connectivity index (χ4n) is 3.56. The van der Waals surface area contributed by atoms with Gasteiger partial charge in [-0.1, -0.05) is 12.1 Å². The summed E-state index contributed by atoms with van der Waals surface area (Å²) in [6, 6.07) is 8.27. The lowest BCUT2D eigenvalue weighted by atomic mass is 9.97. The van der Waals surface area contributed by atoms with Gasteiger partial charge in [-0.3, -0.25) is 4.79 Å². The topological polar surface area (TPSA) is 109 Å². The highest BCUT2D eigenvalue weighted by Crippen LogP contribution is 2.40. The van der Waals surface area contributed by atoms with Gasteiger partial charge in [-0.2, -0.15) is 0 Å². The molecule has 0 saturated carbocycles. The third kappa shape index (κ3) is 7.38. The molecule has 38 heavy (non-hydrogen) atoms. The molecule has 9 nitrogen and oxygen atoms in total. The minimum absolute atomic E-state index is 0.134. The minimum atomic E-state index is -0.736. The second-order valence-corrected chi connectivity index (χ2v) is 10.0. The van der Waals surface area contributed by atoms with E-state index in [0.717, 1.165) is 0 Å². The van der Waals surface area contributed by atoms with Crippen LogP contribution in [0.2, 0.25) is 0 Å². The van der Waals surface area contributed by atoms with Crippen molar-refractivity contribution < 1.29 is 38.1 Å². The van der Waals surface area contributed by atoms with Crippen molar-refractivity contribution >= 4 is 30.0 Å². The lowest BCUT2D eigenvalue weighted by Gasteiger charge is -2.29. The molecule has 1 aliphatic heterocycles. The summed E-state index contributed by atoms with van der Waals surface area (Å²) in [5, 5.41) is 2.35. The monoisotopic (exact) mass is 523 g/mol. The van der Waals surface area contributed by atoms with Crippen LogP contribution >= 0.6 is 0 Å². The number of carbonyl (C=O) groups excluding carboxylic acids is 3. The Morgan fingerprint density at radius 3 is 2.34 bits per heavy atom. The zero-order valence-corrected chi connectivity index (χ0v) is 22.7. The maximum atomic E-state index is 13.1. The van der Waals surface area contributed by atoms with Crippen LogP contribution in [0.15, 0.2) is 42.5 Å². The van der Waals surface area contributed by atoms with Gasteiger partial charge in [0.1, 0.15) is 29.2 Å². The van der Waals surface area contributed by atoms with E-state index >= 15 is 0 Å². The summed E-state index contributed by atoms with van der Waals surface area (Å²) in [5.41, 5.74) is 0.406. The van der Waals surface area contributed by atoms with Crippen molar-refractivity contribution in [3.05, 3.63) is 59.2 Å². The van der Waals surface area contributed by atoms with Crippen LogP contribution in [0.3, 0.4) is 0 Å². The molecular formula is C29H33NO8. The molecular weight excluding hydrogens is 490 g/mol. The molecule has 0 unspecified atom stereocenters. The summed E-state index contributed by atoms with van der Waals surface area (Å²) in [6.45, 7) is 8.55. The van der Waals surface area contributed by atoms with Crippen LogP contribution < -0.4 is 24.3 Å². The Balaban J connectivity index is 1.76. The molecule has 9 heteroatoms. The second kappa shape index (κ2) is 11.4. The van der Waals surface area contributed by atoms with Crippen molar-refractivity contribution in [3.8, 4) is 23.0 Å². The van der Waals surface area contributed by atoms with Crippen molar-refractivity contribution in [2.45, 2.75) is 45.8 Å². The van der Waals surface area contributed by atoms with Crippen LogP contribution in [0.25, 0.3) is 12.2 Å². The van der Waals surface area contributed by atoms with Gasteiger partial charge in [-0.15, -0.1) is 0 Å². The fraction of sp³-hybridized carbons (Fsp3) is 0.345. The molecule has 1 aliphatic rings. The molecule has 1 N–H and O–H groups in total. The molecule has 0 saturated heterocycles. The molecule has 3 rings (SSSR count). The number of alkyl carbamates (subject to hydrolysis) is 1. The number of ether oxygens (including phenoxy) is 5. The minimum Gasteiger partial charge on any atom is -0.496 e. The fourth-order valence-corrected chi connectivity index (χ4v) is 3.56. The zero-order valence-electron chi connectivity index (χ0n) is 22.7. The molecule has 1 heterocycles. The Kier molecular flexibility index (Phi) is 8.50. The molecule has 0 atom stereocenters. The Morgan fingerprint density at radius 1 is 1.00 bits per heavy atom. The quantitative estimate of drug-likeness (QED) is 0.217. The van der Waals surface area contributed by atoms with E-state index in [2.05, 4.69) is 5.32 Å². The number of amides is 1. The van der Waals surface area contributed by atoms with E-state index in [1.54, 1.807) is 64.3 Å². The van der Waals surface area contributed by atoms with E-state index in [-0.39, 0.29) is 11.5 Å². The van der Waals surface area contributed by atoms with Crippen LogP contribution in [0.4, 0.5) is 4.79 Å². The van der Waals surface area contributed by atoms with E-state index in [1.165, 1.54) is 13.2 Å². The third-order valence-electron chi connectivity index (χ3n) is 5.27. The number of allylic oxidation sites excluding steroid dienone is 1.